The van der Waals surface area contributed by atoms with Crippen LogP contribution in [0.15, 0.2) is 64.2 Å². The lowest BCUT2D eigenvalue weighted by atomic mass is 10.1. The van der Waals surface area contributed by atoms with E-state index in [2.05, 4.69) is 28.9 Å². The van der Waals surface area contributed by atoms with Crippen LogP contribution in [0.3, 0.4) is 0 Å². The predicted molar refractivity (Wildman–Crippen MR) is 107 cm³/mol. The molecule has 0 fully saturated rings. The Balaban J connectivity index is 1.90. The number of nitrogens with zero attached hydrogens (tertiary/aromatic N) is 2. The second kappa shape index (κ2) is 10.3. The molecule has 0 aliphatic rings. The molecule has 5 nitrogen and oxygen atoms in total. The Kier molecular flexibility index (Phi) is 7.80. The molecular weight excluding hydrogens is 326 g/mol. The number of ether oxygens (including phenoxy) is 1. The molecule has 0 amide bonds. The van der Waals surface area contributed by atoms with E-state index in [1.807, 2.05) is 38.2 Å². The Morgan fingerprint density at radius 2 is 2.00 bits per heavy atom. The van der Waals surface area contributed by atoms with Gasteiger partial charge in [0.15, 0.2) is 5.96 Å². The molecule has 1 aromatic carbocycles. The predicted octanol–water partition coefficient (Wildman–Crippen LogP) is 3.53. The average Bonchev–Trinajstić information content (AvgIpc) is 3.13. The molecule has 1 aromatic heterocycles. The molecule has 2 aromatic rings. The number of methoxy groups -OCH3 is 1. The number of aliphatic imine (C=N–C) groups is 1. The highest BCUT2D eigenvalue weighted by atomic mass is 16.5. The van der Waals surface area contributed by atoms with E-state index in [1.54, 1.807) is 13.4 Å². The lowest BCUT2D eigenvalue weighted by molar-refractivity contribution is 0.414. The fourth-order valence-electron chi connectivity index (χ4n) is 2.63. The molecule has 140 valence electrons. The molecule has 1 N–H and O–H groups in total. The number of rotatable bonds is 9. The zero-order valence-electron chi connectivity index (χ0n) is 16.0. The van der Waals surface area contributed by atoms with Gasteiger partial charge >= 0.3 is 0 Å². The van der Waals surface area contributed by atoms with Crippen molar-refractivity contribution in [3.8, 4) is 5.75 Å². The molecule has 0 spiro atoms. The molecule has 0 aliphatic heterocycles. The van der Waals surface area contributed by atoms with Gasteiger partial charge in [0.1, 0.15) is 11.5 Å². The number of benzene rings is 1. The molecule has 0 atom stereocenters. The first-order valence-electron chi connectivity index (χ1n) is 8.87. The average molecular weight is 355 g/mol. The summed E-state index contributed by atoms with van der Waals surface area (Å²) in [5.41, 5.74) is 2.36. The Morgan fingerprint density at radius 1 is 1.23 bits per heavy atom. The fraction of sp³-hybridized carbons (Fsp3) is 0.381. The van der Waals surface area contributed by atoms with Crippen molar-refractivity contribution in [2.75, 3.05) is 33.8 Å². The largest absolute Gasteiger partial charge is 0.497 e. The summed E-state index contributed by atoms with van der Waals surface area (Å²) in [6.45, 7) is 8.28. The highest BCUT2D eigenvalue weighted by molar-refractivity contribution is 5.80. The van der Waals surface area contributed by atoms with Gasteiger partial charge < -0.3 is 19.4 Å². The lowest BCUT2D eigenvalue weighted by Gasteiger charge is -2.22. The quantitative estimate of drug-likeness (QED) is 0.425. The SMILES string of the molecule is C=C(C)CN(C)C(=NCCc1ccco1)NCCc1ccc(OC)cc1. The van der Waals surface area contributed by atoms with Gasteiger partial charge in [-0.05, 0) is 43.2 Å². The molecule has 26 heavy (non-hydrogen) atoms. The summed E-state index contributed by atoms with van der Waals surface area (Å²) in [5.74, 6) is 2.71. The van der Waals surface area contributed by atoms with Gasteiger partial charge in [0.05, 0.1) is 13.4 Å². The summed E-state index contributed by atoms with van der Waals surface area (Å²) in [4.78, 5) is 6.82. The Morgan fingerprint density at radius 3 is 2.62 bits per heavy atom. The number of hydrogen-bond donors (Lipinski definition) is 1. The van der Waals surface area contributed by atoms with E-state index < -0.39 is 0 Å². The summed E-state index contributed by atoms with van der Waals surface area (Å²) < 4.78 is 10.6. The minimum atomic E-state index is 0.679. The molecule has 0 saturated heterocycles. The van der Waals surface area contributed by atoms with Crippen molar-refractivity contribution in [1.82, 2.24) is 10.2 Å². The van der Waals surface area contributed by atoms with Crippen molar-refractivity contribution < 1.29 is 9.15 Å². The van der Waals surface area contributed by atoms with Crippen LogP contribution in [-0.4, -0.2) is 44.7 Å². The van der Waals surface area contributed by atoms with Crippen LogP contribution in [0.5, 0.6) is 5.75 Å². The van der Waals surface area contributed by atoms with Crippen LogP contribution >= 0.6 is 0 Å². The van der Waals surface area contributed by atoms with E-state index in [-0.39, 0.29) is 0 Å². The van der Waals surface area contributed by atoms with Crippen LogP contribution in [0, 0.1) is 0 Å². The van der Waals surface area contributed by atoms with Gasteiger partial charge in [-0.25, -0.2) is 0 Å². The molecule has 2 rings (SSSR count). The van der Waals surface area contributed by atoms with Crippen molar-refractivity contribution in [3.63, 3.8) is 0 Å². The highest BCUT2D eigenvalue weighted by Gasteiger charge is 2.07. The second-order valence-corrected chi connectivity index (χ2v) is 6.37. The van der Waals surface area contributed by atoms with Gasteiger partial charge in [-0.3, -0.25) is 4.99 Å². The van der Waals surface area contributed by atoms with Crippen LogP contribution < -0.4 is 10.1 Å². The zero-order chi connectivity index (χ0) is 18.8. The number of furan rings is 1. The molecule has 1 heterocycles. The van der Waals surface area contributed by atoms with E-state index in [1.165, 1.54) is 5.56 Å². The summed E-state index contributed by atoms with van der Waals surface area (Å²) >= 11 is 0. The first-order valence-corrected chi connectivity index (χ1v) is 8.87. The summed E-state index contributed by atoms with van der Waals surface area (Å²) in [7, 11) is 3.71. The molecule has 0 unspecified atom stereocenters. The summed E-state index contributed by atoms with van der Waals surface area (Å²) in [6, 6.07) is 12.0. The second-order valence-electron chi connectivity index (χ2n) is 6.37. The third-order valence-electron chi connectivity index (χ3n) is 3.92. The summed E-state index contributed by atoms with van der Waals surface area (Å²) in [5, 5.41) is 3.46. The topological polar surface area (TPSA) is 50.0 Å². The molecule has 0 saturated carbocycles. The van der Waals surface area contributed by atoms with Crippen LogP contribution in [0.1, 0.15) is 18.2 Å². The fourth-order valence-corrected chi connectivity index (χ4v) is 2.63. The smallest absolute Gasteiger partial charge is 0.193 e. The van der Waals surface area contributed by atoms with Crippen LogP contribution in [0.2, 0.25) is 0 Å². The maximum Gasteiger partial charge on any atom is 0.193 e. The molecule has 0 radical (unpaired) electrons. The molecule has 5 heteroatoms. The molecule has 0 bridgehead atoms. The van der Waals surface area contributed by atoms with E-state index in [9.17, 15) is 0 Å². The van der Waals surface area contributed by atoms with Gasteiger partial charge in [0, 0.05) is 33.1 Å². The van der Waals surface area contributed by atoms with E-state index in [0.717, 1.165) is 49.0 Å². The molecule has 0 aliphatic carbocycles. The maximum atomic E-state index is 5.37. The van der Waals surface area contributed by atoms with Crippen molar-refractivity contribution in [2.24, 2.45) is 4.99 Å². The van der Waals surface area contributed by atoms with E-state index in [0.29, 0.717) is 6.54 Å². The number of hydrogen-bond acceptors (Lipinski definition) is 3. The van der Waals surface area contributed by atoms with Crippen LogP contribution in [0.4, 0.5) is 0 Å². The number of likely N-dealkylation sites (N-methyl/N-ethyl adjacent to an activating group) is 1. The van der Waals surface area contributed by atoms with Crippen LogP contribution in [0.25, 0.3) is 0 Å². The highest BCUT2D eigenvalue weighted by Crippen LogP contribution is 2.11. The van der Waals surface area contributed by atoms with E-state index >= 15 is 0 Å². The van der Waals surface area contributed by atoms with Gasteiger partial charge in [-0.1, -0.05) is 24.3 Å². The Hall–Kier alpha value is -2.69. The minimum Gasteiger partial charge on any atom is -0.497 e. The Labute approximate surface area is 156 Å². The molecular formula is C21H29N3O2. The zero-order valence-corrected chi connectivity index (χ0v) is 16.0. The van der Waals surface area contributed by atoms with Crippen LogP contribution in [-0.2, 0) is 12.8 Å². The number of nitrogens with one attached hydrogen (secondary N) is 1. The normalized spacial score (nSPS) is 11.3. The third kappa shape index (κ3) is 6.67. The van der Waals surface area contributed by atoms with Gasteiger partial charge in [0.25, 0.3) is 0 Å². The standard InChI is InChI=1S/C21H29N3O2/c1-17(2)16-24(3)21(23-14-12-20-6-5-15-26-20)22-13-11-18-7-9-19(25-4)10-8-18/h5-10,15H,1,11-14,16H2,2-4H3,(H,22,23). The Bertz CT molecular complexity index is 691. The number of guanidine groups is 1. The first-order chi connectivity index (χ1) is 12.6. The lowest BCUT2D eigenvalue weighted by Crippen LogP contribution is -2.40. The van der Waals surface area contributed by atoms with Gasteiger partial charge in [-0.15, -0.1) is 0 Å². The van der Waals surface area contributed by atoms with Gasteiger partial charge in [-0.2, -0.15) is 0 Å². The monoisotopic (exact) mass is 355 g/mol. The van der Waals surface area contributed by atoms with Crippen molar-refractivity contribution in [2.45, 2.75) is 19.8 Å². The van der Waals surface area contributed by atoms with Crippen molar-refractivity contribution in [1.29, 1.82) is 0 Å². The van der Waals surface area contributed by atoms with E-state index in [4.69, 9.17) is 14.1 Å². The third-order valence-corrected chi connectivity index (χ3v) is 3.92. The first kappa shape index (κ1) is 19.6. The summed E-state index contributed by atoms with van der Waals surface area (Å²) in [6.07, 6.45) is 3.40. The maximum absolute atomic E-state index is 5.37. The van der Waals surface area contributed by atoms with Crippen molar-refractivity contribution in [3.05, 3.63) is 66.1 Å². The minimum absolute atomic E-state index is 0.679. The van der Waals surface area contributed by atoms with Gasteiger partial charge in [0.2, 0.25) is 0 Å². The van der Waals surface area contributed by atoms with Crippen molar-refractivity contribution >= 4 is 5.96 Å².